The van der Waals surface area contributed by atoms with Crippen LogP contribution in [0.15, 0.2) is 65.4 Å². The minimum atomic E-state index is -0.360. The van der Waals surface area contributed by atoms with Gasteiger partial charge in [-0.3, -0.25) is 15.1 Å². The van der Waals surface area contributed by atoms with E-state index < -0.39 is 0 Å². The standard InChI is InChI=1S/C21H14BrN5O2/c22-15-3-5-17-18(11-15)24-20(14-2-1-8-23-12-14)25-21(17)26-9-7-13-10-16(27(28)29)4-6-19(13)26/h1-6,8,10-12H,7,9H2. The fourth-order valence-electron chi connectivity index (χ4n) is 3.64. The Morgan fingerprint density at radius 3 is 2.79 bits per heavy atom. The number of anilines is 2. The highest BCUT2D eigenvalue weighted by Crippen LogP contribution is 2.39. The molecule has 0 N–H and O–H groups in total. The van der Waals surface area contributed by atoms with Gasteiger partial charge in [-0.1, -0.05) is 15.9 Å². The van der Waals surface area contributed by atoms with Gasteiger partial charge in [0.25, 0.3) is 5.69 Å². The number of nitro groups is 1. The summed E-state index contributed by atoms with van der Waals surface area (Å²) in [7, 11) is 0. The zero-order chi connectivity index (χ0) is 20.0. The molecular formula is C21H14BrN5O2. The zero-order valence-electron chi connectivity index (χ0n) is 15.1. The maximum Gasteiger partial charge on any atom is 0.269 e. The third-order valence-electron chi connectivity index (χ3n) is 4.98. The molecule has 2 aromatic carbocycles. The first-order valence-corrected chi connectivity index (χ1v) is 9.82. The van der Waals surface area contributed by atoms with E-state index in [1.165, 1.54) is 0 Å². The predicted molar refractivity (Wildman–Crippen MR) is 114 cm³/mol. The molecule has 0 unspecified atom stereocenters. The molecule has 3 heterocycles. The van der Waals surface area contributed by atoms with Crippen LogP contribution in [0.4, 0.5) is 17.2 Å². The summed E-state index contributed by atoms with van der Waals surface area (Å²) in [5, 5.41) is 12.0. The average molecular weight is 448 g/mol. The van der Waals surface area contributed by atoms with Crippen molar-refractivity contribution in [2.45, 2.75) is 6.42 Å². The van der Waals surface area contributed by atoms with Crippen LogP contribution < -0.4 is 4.90 Å². The van der Waals surface area contributed by atoms with Gasteiger partial charge in [-0.25, -0.2) is 9.97 Å². The summed E-state index contributed by atoms with van der Waals surface area (Å²) in [6.45, 7) is 0.700. The molecule has 142 valence electrons. The molecular weight excluding hydrogens is 434 g/mol. The predicted octanol–water partition coefficient (Wildman–Crippen LogP) is 5.06. The number of nitro benzene ring substituents is 1. The van der Waals surface area contributed by atoms with Gasteiger partial charge >= 0.3 is 0 Å². The number of non-ortho nitro benzene ring substituents is 1. The number of halogens is 1. The number of hydrogen-bond acceptors (Lipinski definition) is 6. The van der Waals surface area contributed by atoms with Crippen molar-refractivity contribution in [3.05, 3.63) is 81.1 Å². The van der Waals surface area contributed by atoms with Crippen molar-refractivity contribution >= 4 is 44.0 Å². The summed E-state index contributed by atoms with van der Waals surface area (Å²) in [4.78, 5) is 26.7. The number of fused-ring (bicyclic) bond motifs is 2. The number of benzene rings is 2. The lowest BCUT2D eigenvalue weighted by molar-refractivity contribution is -0.384. The van der Waals surface area contributed by atoms with E-state index in [-0.39, 0.29) is 10.6 Å². The summed E-state index contributed by atoms with van der Waals surface area (Å²) < 4.78 is 0.934. The molecule has 0 fully saturated rings. The van der Waals surface area contributed by atoms with Crippen LogP contribution in [0.25, 0.3) is 22.3 Å². The second-order valence-corrected chi connectivity index (χ2v) is 7.66. The lowest BCUT2D eigenvalue weighted by Crippen LogP contribution is -2.16. The van der Waals surface area contributed by atoms with Crippen molar-refractivity contribution in [1.29, 1.82) is 0 Å². The van der Waals surface area contributed by atoms with Gasteiger partial charge in [0.2, 0.25) is 0 Å². The minimum absolute atomic E-state index is 0.109. The molecule has 0 amide bonds. The average Bonchev–Trinajstić information content (AvgIpc) is 3.16. The Morgan fingerprint density at radius 2 is 2.00 bits per heavy atom. The van der Waals surface area contributed by atoms with Crippen LogP contribution in [0, 0.1) is 10.1 Å². The molecule has 1 aliphatic rings. The van der Waals surface area contributed by atoms with Crippen LogP contribution in [0.3, 0.4) is 0 Å². The third-order valence-corrected chi connectivity index (χ3v) is 5.48. The number of pyridine rings is 1. The molecule has 0 radical (unpaired) electrons. The van der Waals surface area contributed by atoms with Gasteiger partial charge in [0.1, 0.15) is 5.82 Å². The largest absolute Gasteiger partial charge is 0.325 e. The van der Waals surface area contributed by atoms with Crippen LogP contribution >= 0.6 is 15.9 Å². The molecule has 4 aromatic rings. The van der Waals surface area contributed by atoms with Crippen molar-refractivity contribution in [3.63, 3.8) is 0 Å². The third kappa shape index (κ3) is 3.11. The van der Waals surface area contributed by atoms with Crippen LogP contribution in [0.1, 0.15) is 5.56 Å². The molecule has 5 rings (SSSR count). The maximum absolute atomic E-state index is 11.1. The lowest BCUT2D eigenvalue weighted by Gasteiger charge is -2.21. The van der Waals surface area contributed by atoms with Gasteiger partial charge in [-0.2, -0.15) is 0 Å². The molecule has 0 aliphatic carbocycles. The van der Waals surface area contributed by atoms with E-state index in [2.05, 4.69) is 25.8 Å². The number of nitrogens with zero attached hydrogens (tertiary/aromatic N) is 5. The molecule has 7 nitrogen and oxygen atoms in total. The molecule has 8 heteroatoms. The van der Waals surface area contributed by atoms with Crippen LogP contribution in [0.2, 0.25) is 0 Å². The van der Waals surface area contributed by atoms with Crippen molar-refractivity contribution in [2.24, 2.45) is 0 Å². The van der Waals surface area contributed by atoms with E-state index in [0.29, 0.717) is 12.4 Å². The van der Waals surface area contributed by atoms with E-state index in [1.54, 1.807) is 30.6 Å². The fraction of sp³-hybridized carbons (Fsp3) is 0.0952. The summed E-state index contributed by atoms with van der Waals surface area (Å²) in [6.07, 6.45) is 4.18. The monoisotopic (exact) mass is 447 g/mol. The lowest BCUT2D eigenvalue weighted by atomic mass is 10.1. The first-order valence-electron chi connectivity index (χ1n) is 9.03. The Morgan fingerprint density at radius 1 is 1.10 bits per heavy atom. The first-order chi connectivity index (χ1) is 14.1. The summed E-state index contributed by atoms with van der Waals surface area (Å²) in [5.74, 6) is 1.38. The second kappa shape index (κ2) is 6.89. The Hall–Kier alpha value is -3.39. The Balaban J connectivity index is 1.71. The molecule has 0 bridgehead atoms. The molecule has 0 saturated carbocycles. The summed E-state index contributed by atoms with van der Waals surface area (Å²) in [5.41, 5.74) is 3.65. The van der Waals surface area contributed by atoms with Gasteiger partial charge in [0, 0.05) is 52.2 Å². The van der Waals surface area contributed by atoms with Crippen molar-refractivity contribution < 1.29 is 4.92 Å². The fourth-order valence-corrected chi connectivity index (χ4v) is 3.99. The molecule has 0 atom stereocenters. The van der Waals surface area contributed by atoms with Gasteiger partial charge in [-0.05, 0) is 48.4 Å². The number of hydrogen-bond donors (Lipinski definition) is 0. The van der Waals surface area contributed by atoms with E-state index in [9.17, 15) is 10.1 Å². The van der Waals surface area contributed by atoms with Gasteiger partial charge in [0.15, 0.2) is 5.82 Å². The topological polar surface area (TPSA) is 85.0 Å². The van der Waals surface area contributed by atoms with Crippen molar-refractivity contribution in [1.82, 2.24) is 15.0 Å². The Labute approximate surface area is 174 Å². The highest BCUT2D eigenvalue weighted by molar-refractivity contribution is 9.10. The Kier molecular flexibility index (Phi) is 4.21. The molecule has 1 aliphatic heterocycles. The minimum Gasteiger partial charge on any atom is -0.325 e. The SMILES string of the molecule is O=[N+]([O-])c1ccc2c(c1)CCN2c1nc(-c2cccnc2)nc2cc(Br)ccc12. The molecule has 0 saturated heterocycles. The number of aromatic nitrogens is 3. The maximum atomic E-state index is 11.1. The van der Waals surface area contributed by atoms with E-state index in [0.717, 1.165) is 44.4 Å². The van der Waals surface area contributed by atoms with Gasteiger partial charge in [0.05, 0.1) is 10.4 Å². The van der Waals surface area contributed by atoms with E-state index >= 15 is 0 Å². The van der Waals surface area contributed by atoms with Crippen LogP contribution in [-0.4, -0.2) is 26.4 Å². The second-order valence-electron chi connectivity index (χ2n) is 6.75. The highest BCUT2D eigenvalue weighted by Gasteiger charge is 2.26. The molecule has 0 spiro atoms. The molecule has 2 aromatic heterocycles. The van der Waals surface area contributed by atoms with Gasteiger partial charge < -0.3 is 4.90 Å². The normalized spacial score (nSPS) is 12.9. The quantitative estimate of drug-likeness (QED) is 0.322. The summed E-state index contributed by atoms with van der Waals surface area (Å²) in [6, 6.07) is 14.7. The van der Waals surface area contributed by atoms with E-state index in [4.69, 9.17) is 9.97 Å². The van der Waals surface area contributed by atoms with Gasteiger partial charge in [-0.15, -0.1) is 0 Å². The summed E-state index contributed by atoms with van der Waals surface area (Å²) >= 11 is 3.52. The number of rotatable bonds is 3. The molecule has 29 heavy (non-hydrogen) atoms. The Bertz CT molecular complexity index is 1260. The van der Waals surface area contributed by atoms with Crippen LogP contribution in [0.5, 0.6) is 0 Å². The zero-order valence-corrected chi connectivity index (χ0v) is 16.7. The first kappa shape index (κ1) is 17.7. The van der Waals surface area contributed by atoms with Crippen molar-refractivity contribution in [2.75, 3.05) is 11.4 Å². The van der Waals surface area contributed by atoms with Crippen LogP contribution in [-0.2, 0) is 6.42 Å². The van der Waals surface area contributed by atoms with E-state index in [1.807, 2.05) is 30.3 Å². The highest BCUT2D eigenvalue weighted by atomic mass is 79.9. The van der Waals surface area contributed by atoms with Crippen molar-refractivity contribution in [3.8, 4) is 11.4 Å². The smallest absolute Gasteiger partial charge is 0.269 e.